The van der Waals surface area contributed by atoms with Gasteiger partial charge in [-0.05, 0) is 54.3 Å². The molecule has 4 rings (SSSR count). The average molecular weight is 563 g/mol. The smallest absolute Gasteiger partial charge is 0.262 e. The van der Waals surface area contributed by atoms with Crippen LogP contribution in [-0.4, -0.2) is 54.1 Å². The van der Waals surface area contributed by atoms with Crippen LogP contribution in [0.25, 0.3) is 9.40 Å². The molecule has 3 aromatic heterocycles. The van der Waals surface area contributed by atoms with Crippen LogP contribution >= 0.6 is 22.7 Å². The van der Waals surface area contributed by atoms with Gasteiger partial charge in [0.15, 0.2) is 17.0 Å². The summed E-state index contributed by atoms with van der Waals surface area (Å²) < 4.78 is 30.0. The van der Waals surface area contributed by atoms with E-state index < -0.39 is 33.9 Å². The lowest BCUT2D eigenvalue weighted by molar-refractivity contribution is -0.131. The minimum Gasteiger partial charge on any atom is -0.340 e. The monoisotopic (exact) mass is 562 g/mol. The highest BCUT2D eigenvalue weighted by atomic mass is 32.2. The van der Waals surface area contributed by atoms with Gasteiger partial charge >= 0.3 is 0 Å². The van der Waals surface area contributed by atoms with E-state index >= 15 is 0 Å². The molecule has 37 heavy (non-hydrogen) atoms. The number of thiophene rings is 2. The first-order valence-corrected chi connectivity index (χ1v) is 15.2. The van der Waals surface area contributed by atoms with Crippen molar-refractivity contribution in [2.45, 2.75) is 57.3 Å². The second-order valence-electron chi connectivity index (χ2n) is 9.68. The molecule has 1 saturated heterocycles. The molecule has 2 N–H and O–H groups in total. The Hall–Kier alpha value is -2.67. The number of carbonyl (C=O) groups is 3. The van der Waals surface area contributed by atoms with Crippen LogP contribution in [0.2, 0.25) is 0 Å². The molecular weight excluding hydrogens is 532 g/mol. The zero-order chi connectivity index (χ0) is 26.7. The molecule has 1 aliphatic heterocycles. The fourth-order valence-corrected chi connectivity index (χ4v) is 7.84. The zero-order valence-corrected chi connectivity index (χ0v) is 23.3. The normalized spacial score (nSPS) is 20.1. The number of hydrogen-bond acceptors (Lipinski definition) is 8. The van der Waals surface area contributed by atoms with Crippen molar-refractivity contribution in [2.24, 2.45) is 11.8 Å². The second-order valence-corrected chi connectivity index (χ2v) is 13.5. The molecule has 4 heterocycles. The van der Waals surface area contributed by atoms with Crippen LogP contribution in [0.4, 0.5) is 0 Å². The number of rotatable bonds is 8. The summed E-state index contributed by atoms with van der Waals surface area (Å²) in [5.74, 6) is -1.42. The SMILES string of the molecule is CC(C)CC(NC(=O)c1cc2sccc2s1)C(=O)N[C@@H]1C(=O)CC[C@@H](C)CN1S(=O)(=O)c1ccccn1. The molecule has 1 unspecified atom stereocenters. The van der Waals surface area contributed by atoms with E-state index in [1.807, 2.05) is 32.2 Å². The molecule has 0 aromatic carbocycles. The van der Waals surface area contributed by atoms with Crippen molar-refractivity contribution in [2.75, 3.05) is 6.54 Å². The zero-order valence-electron chi connectivity index (χ0n) is 20.8. The fraction of sp³-hybridized carbons (Fsp3) is 0.440. The number of carbonyl (C=O) groups excluding carboxylic acids is 3. The molecule has 12 heteroatoms. The highest BCUT2D eigenvalue weighted by molar-refractivity contribution is 7.89. The van der Waals surface area contributed by atoms with E-state index in [4.69, 9.17) is 0 Å². The van der Waals surface area contributed by atoms with Crippen LogP contribution in [0.1, 0.15) is 49.7 Å². The van der Waals surface area contributed by atoms with Gasteiger partial charge in [0, 0.05) is 28.6 Å². The quantitative estimate of drug-likeness (QED) is 0.432. The van der Waals surface area contributed by atoms with Gasteiger partial charge in [-0.25, -0.2) is 13.4 Å². The molecule has 2 amide bonds. The largest absolute Gasteiger partial charge is 0.340 e. The summed E-state index contributed by atoms with van der Waals surface area (Å²) in [6.07, 6.45) is 0.936. The number of Topliss-reactive ketones (excluding diaryl/α,β-unsaturated/α-hetero) is 1. The molecular formula is C25H30N4O5S3. The van der Waals surface area contributed by atoms with Crippen LogP contribution in [0.5, 0.6) is 0 Å². The minimum atomic E-state index is -4.17. The lowest BCUT2D eigenvalue weighted by Gasteiger charge is -2.31. The first-order chi connectivity index (χ1) is 17.6. The minimum absolute atomic E-state index is 0.0566. The van der Waals surface area contributed by atoms with Crippen molar-refractivity contribution in [1.29, 1.82) is 0 Å². The maximum absolute atomic E-state index is 13.5. The van der Waals surface area contributed by atoms with E-state index in [0.29, 0.717) is 17.7 Å². The summed E-state index contributed by atoms with van der Waals surface area (Å²) >= 11 is 2.88. The van der Waals surface area contributed by atoms with Gasteiger partial charge in [-0.15, -0.1) is 22.7 Å². The number of nitrogens with zero attached hydrogens (tertiary/aromatic N) is 2. The molecule has 1 aliphatic rings. The standard InChI is InChI=1S/C25H30N4O5S3/c1-15(2)12-17(27-25(32)21-13-20-19(36-21)9-11-35-20)24(31)28-23-18(30)8-7-16(3)14-29(23)37(33,34)22-6-4-5-10-26-22/h4-6,9-11,13,15-17,23H,7-8,12,14H2,1-3H3,(H,27,32)(H,28,31)/t16-,17?,23+/m1/s1. The van der Waals surface area contributed by atoms with E-state index in [2.05, 4.69) is 15.6 Å². The van der Waals surface area contributed by atoms with Crippen molar-refractivity contribution in [3.8, 4) is 0 Å². The molecule has 3 aromatic rings. The maximum Gasteiger partial charge on any atom is 0.262 e. The summed E-state index contributed by atoms with van der Waals surface area (Å²) in [4.78, 5) is 44.1. The number of hydrogen-bond donors (Lipinski definition) is 2. The van der Waals surface area contributed by atoms with Crippen molar-refractivity contribution in [1.82, 2.24) is 19.9 Å². The first-order valence-electron chi connectivity index (χ1n) is 12.1. The van der Waals surface area contributed by atoms with Gasteiger partial charge in [-0.2, -0.15) is 4.31 Å². The Morgan fingerprint density at radius 1 is 1.22 bits per heavy atom. The third kappa shape index (κ3) is 6.25. The molecule has 0 aliphatic carbocycles. The van der Waals surface area contributed by atoms with Crippen LogP contribution < -0.4 is 10.6 Å². The molecule has 198 valence electrons. The summed E-state index contributed by atoms with van der Waals surface area (Å²) in [6, 6.07) is 7.31. The summed E-state index contributed by atoms with van der Waals surface area (Å²) in [7, 11) is -4.17. The van der Waals surface area contributed by atoms with E-state index in [9.17, 15) is 22.8 Å². The number of pyridine rings is 1. The lowest BCUT2D eigenvalue weighted by atomic mass is 10.0. The van der Waals surface area contributed by atoms with Gasteiger partial charge < -0.3 is 10.6 Å². The Balaban J connectivity index is 1.59. The van der Waals surface area contributed by atoms with Crippen molar-refractivity contribution < 1.29 is 22.8 Å². The number of sulfonamides is 1. The van der Waals surface area contributed by atoms with Gasteiger partial charge in [0.1, 0.15) is 6.04 Å². The van der Waals surface area contributed by atoms with Gasteiger partial charge in [0.25, 0.3) is 15.9 Å². The average Bonchev–Trinajstić information content (AvgIpc) is 3.43. The van der Waals surface area contributed by atoms with E-state index in [1.54, 1.807) is 18.2 Å². The van der Waals surface area contributed by atoms with Crippen molar-refractivity contribution >= 4 is 59.7 Å². The Kier molecular flexibility index (Phi) is 8.42. The molecule has 0 saturated carbocycles. The molecule has 0 radical (unpaired) electrons. The molecule has 3 atom stereocenters. The number of aromatic nitrogens is 1. The topological polar surface area (TPSA) is 126 Å². The summed E-state index contributed by atoms with van der Waals surface area (Å²) in [5.41, 5.74) is 0. The van der Waals surface area contributed by atoms with Gasteiger partial charge in [-0.1, -0.05) is 26.8 Å². The lowest BCUT2D eigenvalue weighted by Crippen LogP contribution is -2.59. The van der Waals surface area contributed by atoms with Gasteiger partial charge in [-0.3, -0.25) is 14.4 Å². The second kappa shape index (κ2) is 11.4. The van der Waals surface area contributed by atoms with Crippen LogP contribution in [0.15, 0.2) is 46.9 Å². The molecule has 0 bridgehead atoms. The maximum atomic E-state index is 13.5. The van der Waals surface area contributed by atoms with E-state index in [-0.39, 0.29) is 35.7 Å². The predicted octanol–water partition coefficient (Wildman–Crippen LogP) is 3.63. The van der Waals surface area contributed by atoms with Gasteiger partial charge in [0.2, 0.25) is 5.91 Å². The number of amides is 2. The van der Waals surface area contributed by atoms with Gasteiger partial charge in [0.05, 0.1) is 4.88 Å². The fourth-order valence-electron chi connectivity index (χ4n) is 4.24. The third-order valence-electron chi connectivity index (χ3n) is 6.15. The van der Waals surface area contributed by atoms with Crippen molar-refractivity contribution in [3.63, 3.8) is 0 Å². The van der Waals surface area contributed by atoms with Crippen LogP contribution in [0.3, 0.4) is 0 Å². The molecule has 1 fully saturated rings. The highest BCUT2D eigenvalue weighted by Crippen LogP contribution is 2.30. The Morgan fingerprint density at radius 3 is 2.68 bits per heavy atom. The number of ketones is 1. The first kappa shape index (κ1) is 27.4. The van der Waals surface area contributed by atoms with E-state index in [0.717, 1.165) is 13.7 Å². The summed E-state index contributed by atoms with van der Waals surface area (Å²) in [6.45, 7) is 5.77. The molecule has 9 nitrogen and oxygen atoms in total. The highest BCUT2D eigenvalue weighted by Gasteiger charge is 2.41. The third-order valence-corrected chi connectivity index (χ3v) is 9.99. The van der Waals surface area contributed by atoms with Crippen molar-refractivity contribution in [3.05, 3.63) is 46.8 Å². The van der Waals surface area contributed by atoms with Crippen LogP contribution in [0, 0.1) is 11.8 Å². The number of fused-ring (bicyclic) bond motifs is 1. The van der Waals surface area contributed by atoms with E-state index in [1.165, 1.54) is 34.9 Å². The Morgan fingerprint density at radius 2 is 2.00 bits per heavy atom. The Labute approximate surface area is 224 Å². The number of nitrogens with one attached hydrogen (secondary N) is 2. The summed E-state index contributed by atoms with van der Waals surface area (Å²) in [5, 5.41) is 7.22. The van der Waals surface area contributed by atoms with Crippen LogP contribution in [-0.2, 0) is 19.6 Å². The molecule has 0 spiro atoms. The predicted molar refractivity (Wildman–Crippen MR) is 144 cm³/mol. The Bertz CT molecular complexity index is 1350.